The van der Waals surface area contributed by atoms with Gasteiger partial charge in [0.1, 0.15) is 0 Å². The Morgan fingerprint density at radius 2 is 2.14 bits per heavy atom. The Balaban J connectivity index is 2.65. The Bertz CT molecular complexity index is 320. The molecular formula is C12H15ClO. The van der Waals surface area contributed by atoms with Gasteiger partial charge in [0.25, 0.3) is 0 Å². The molecule has 1 N–H and O–H groups in total. The van der Waals surface area contributed by atoms with E-state index in [1.54, 1.807) is 6.07 Å². The van der Waals surface area contributed by atoms with Crippen LogP contribution in [-0.4, -0.2) is 5.11 Å². The van der Waals surface area contributed by atoms with E-state index in [4.69, 9.17) is 11.6 Å². The van der Waals surface area contributed by atoms with Gasteiger partial charge in [-0.3, -0.25) is 0 Å². The summed E-state index contributed by atoms with van der Waals surface area (Å²) in [5.41, 5.74) is 1.88. The van der Waals surface area contributed by atoms with Crippen molar-refractivity contribution in [3.8, 4) is 0 Å². The van der Waals surface area contributed by atoms with Crippen molar-refractivity contribution in [2.24, 2.45) is 0 Å². The second-order valence-electron chi connectivity index (χ2n) is 3.53. The first-order chi connectivity index (χ1) is 6.61. The van der Waals surface area contributed by atoms with Crippen molar-refractivity contribution in [2.45, 2.75) is 25.9 Å². The van der Waals surface area contributed by atoms with Gasteiger partial charge in [-0.2, -0.15) is 0 Å². The molecule has 0 aliphatic carbocycles. The van der Waals surface area contributed by atoms with Crippen molar-refractivity contribution in [1.29, 1.82) is 0 Å². The molecule has 76 valence electrons. The van der Waals surface area contributed by atoms with E-state index in [-0.39, 0.29) is 0 Å². The minimum atomic E-state index is -0.486. The lowest BCUT2D eigenvalue weighted by atomic mass is 10.0. The molecule has 1 aromatic carbocycles. The Morgan fingerprint density at radius 1 is 1.50 bits per heavy atom. The van der Waals surface area contributed by atoms with E-state index in [1.807, 2.05) is 25.1 Å². The van der Waals surface area contributed by atoms with Crippen LogP contribution < -0.4 is 0 Å². The summed E-state index contributed by atoms with van der Waals surface area (Å²) in [4.78, 5) is 0. The van der Waals surface area contributed by atoms with Gasteiger partial charge >= 0.3 is 0 Å². The van der Waals surface area contributed by atoms with Crippen LogP contribution in [0.4, 0.5) is 0 Å². The second kappa shape index (κ2) is 5.18. The van der Waals surface area contributed by atoms with Crippen LogP contribution in [0, 0.1) is 0 Å². The van der Waals surface area contributed by atoms with Gasteiger partial charge in [0, 0.05) is 5.02 Å². The zero-order chi connectivity index (χ0) is 10.6. The van der Waals surface area contributed by atoms with E-state index in [2.05, 4.69) is 6.58 Å². The maximum Gasteiger partial charge on any atom is 0.0807 e. The molecule has 1 aromatic rings. The molecule has 0 saturated heterocycles. The Kier molecular flexibility index (Phi) is 4.18. The summed E-state index contributed by atoms with van der Waals surface area (Å²) in [7, 11) is 0. The number of hydrogen-bond acceptors (Lipinski definition) is 1. The molecule has 0 saturated carbocycles. The lowest BCUT2D eigenvalue weighted by Gasteiger charge is -2.12. The third-order valence-corrected chi connectivity index (χ3v) is 2.45. The van der Waals surface area contributed by atoms with Gasteiger partial charge in [0.15, 0.2) is 0 Å². The van der Waals surface area contributed by atoms with Crippen LogP contribution in [0.5, 0.6) is 0 Å². The van der Waals surface area contributed by atoms with Crippen molar-refractivity contribution in [2.75, 3.05) is 0 Å². The summed E-state index contributed by atoms with van der Waals surface area (Å²) in [6, 6.07) is 7.38. The first-order valence-electron chi connectivity index (χ1n) is 4.68. The summed E-state index contributed by atoms with van der Waals surface area (Å²) < 4.78 is 0. The molecule has 0 bridgehead atoms. The topological polar surface area (TPSA) is 20.2 Å². The molecule has 0 aliphatic rings. The van der Waals surface area contributed by atoms with E-state index < -0.39 is 6.10 Å². The first-order valence-corrected chi connectivity index (χ1v) is 5.06. The van der Waals surface area contributed by atoms with Gasteiger partial charge in [0.2, 0.25) is 0 Å². The van der Waals surface area contributed by atoms with E-state index in [1.165, 1.54) is 0 Å². The summed E-state index contributed by atoms with van der Waals surface area (Å²) in [5, 5.41) is 10.5. The Morgan fingerprint density at radius 3 is 2.71 bits per heavy atom. The fourth-order valence-corrected chi connectivity index (χ4v) is 1.55. The van der Waals surface area contributed by atoms with E-state index in [0.29, 0.717) is 11.4 Å². The van der Waals surface area contributed by atoms with Crippen LogP contribution in [0.2, 0.25) is 5.02 Å². The smallest absolute Gasteiger partial charge is 0.0807 e. The highest BCUT2D eigenvalue weighted by Crippen LogP contribution is 2.26. The fraction of sp³-hybridized carbons (Fsp3) is 0.333. The van der Waals surface area contributed by atoms with Crippen molar-refractivity contribution in [3.63, 3.8) is 0 Å². The zero-order valence-corrected chi connectivity index (χ0v) is 9.09. The molecule has 0 fully saturated rings. The van der Waals surface area contributed by atoms with Crippen LogP contribution in [-0.2, 0) is 0 Å². The third-order valence-electron chi connectivity index (χ3n) is 2.11. The summed E-state index contributed by atoms with van der Waals surface area (Å²) in [6.45, 7) is 5.76. The SMILES string of the molecule is C=C(C)CCC(O)c1ccccc1Cl. The molecule has 2 heteroatoms. The van der Waals surface area contributed by atoms with E-state index in [9.17, 15) is 5.11 Å². The molecule has 1 nitrogen and oxygen atoms in total. The normalized spacial score (nSPS) is 12.5. The number of aliphatic hydroxyl groups is 1. The summed E-state index contributed by atoms with van der Waals surface area (Å²) in [5.74, 6) is 0. The zero-order valence-electron chi connectivity index (χ0n) is 8.33. The number of rotatable bonds is 4. The van der Waals surface area contributed by atoms with Crippen LogP contribution in [0.1, 0.15) is 31.4 Å². The molecule has 14 heavy (non-hydrogen) atoms. The highest BCUT2D eigenvalue weighted by molar-refractivity contribution is 6.31. The quantitative estimate of drug-likeness (QED) is 0.751. The van der Waals surface area contributed by atoms with Gasteiger partial charge < -0.3 is 5.11 Å². The number of halogens is 1. The molecule has 0 spiro atoms. The number of aliphatic hydroxyl groups excluding tert-OH is 1. The fourth-order valence-electron chi connectivity index (χ4n) is 1.28. The molecule has 1 unspecified atom stereocenters. The Labute approximate surface area is 90.0 Å². The minimum Gasteiger partial charge on any atom is -0.388 e. The average molecular weight is 211 g/mol. The van der Waals surface area contributed by atoms with Crippen LogP contribution in [0.25, 0.3) is 0 Å². The highest BCUT2D eigenvalue weighted by atomic mass is 35.5. The summed E-state index contributed by atoms with van der Waals surface area (Å²) >= 11 is 5.95. The maximum atomic E-state index is 9.82. The molecule has 0 aliphatic heterocycles. The Hall–Kier alpha value is -0.790. The van der Waals surface area contributed by atoms with Crippen LogP contribution >= 0.6 is 11.6 Å². The predicted molar refractivity (Wildman–Crippen MR) is 60.5 cm³/mol. The second-order valence-corrected chi connectivity index (χ2v) is 3.94. The lowest BCUT2D eigenvalue weighted by Crippen LogP contribution is -1.98. The standard InChI is InChI=1S/C12H15ClO/c1-9(2)7-8-12(14)10-5-3-4-6-11(10)13/h3-6,12,14H,1,7-8H2,2H3. The maximum absolute atomic E-state index is 9.82. The predicted octanol–water partition coefficient (Wildman–Crippen LogP) is 3.73. The van der Waals surface area contributed by atoms with Gasteiger partial charge in [-0.05, 0) is 31.4 Å². The molecule has 0 aromatic heterocycles. The largest absolute Gasteiger partial charge is 0.388 e. The van der Waals surface area contributed by atoms with Gasteiger partial charge in [-0.15, -0.1) is 6.58 Å². The van der Waals surface area contributed by atoms with Gasteiger partial charge in [-0.1, -0.05) is 35.4 Å². The molecule has 1 rings (SSSR count). The van der Waals surface area contributed by atoms with Crippen LogP contribution in [0.3, 0.4) is 0 Å². The average Bonchev–Trinajstić information content (AvgIpc) is 2.15. The summed E-state index contributed by atoms with van der Waals surface area (Å²) in [6.07, 6.45) is 1.02. The monoisotopic (exact) mass is 210 g/mol. The number of hydrogen-bond donors (Lipinski definition) is 1. The van der Waals surface area contributed by atoms with Crippen molar-refractivity contribution in [1.82, 2.24) is 0 Å². The van der Waals surface area contributed by atoms with Crippen molar-refractivity contribution < 1.29 is 5.11 Å². The number of allylic oxidation sites excluding steroid dienone is 1. The van der Waals surface area contributed by atoms with E-state index >= 15 is 0 Å². The van der Waals surface area contributed by atoms with Crippen molar-refractivity contribution >= 4 is 11.6 Å². The molecule has 0 amide bonds. The molecule has 0 heterocycles. The number of benzene rings is 1. The lowest BCUT2D eigenvalue weighted by molar-refractivity contribution is 0.168. The van der Waals surface area contributed by atoms with E-state index in [0.717, 1.165) is 17.6 Å². The molecule has 0 radical (unpaired) electrons. The minimum absolute atomic E-state index is 0.486. The van der Waals surface area contributed by atoms with Gasteiger partial charge in [0.05, 0.1) is 6.10 Å². The van der Waals surface area contributed by atoms with Crippen LogP contribution in [0.15, 0.2) is 36.4 Å². The third kappa shape index (κ3) is 3.17. The van der Waals surface area contributed by atoms with Crippen molar-refractivity contribution in [3.05, 3.63) is 47.0 Å². The first kappa shape index (κ1) is 11.3. The molecule has 1 atom stereocenters. The highest BCUT2D eigenvalue weighted by Gasteiger charge is 2.10. The van der Waals surface area contributed by atoms with Gasteiger partial charge in [-0.25, -0.2) is 0 Å². The molecular weight excluding hydrogens is 196 g/mol.